The van der Waals surface area contributed by atoms with Gasteiger partial charge in [0.15, 0.2) is 0 Å². The van der Waals surface area contributed by atoms with Crippen LogP contribution in [0.15, 0.2) is 88.7 Å². The van der Waals surface area contributed by atoms with Crippen LogP contribution in [0.5, 0.6) is 0 Å². The minimum absolute atomic E-state index is 0.130. The third-order valence-corrected chi connectivity index (χ3v) is 9.75. The van der Waals surface area contributed by atoms with Crippen molar-refractivity contribution in [2.75, 3.05) is 4.90 Å². The fourth-order valence-corrected chi connectivity index (χ4v) is 8.03. The lowest BCUT2D eigenvalue weighted by atomic mass is 9.83. The van der Waals surface area contributed by atoms with Crippen molar-refractivity contribution in [1.82, 2.24) is 4.57 Å². The van der Waals surface area contributed by atoms with Gasteiger partial charge in [0.1, 0.15) is 5.25 Å². The van der Waals surface area contributed by atoms with Crippen molar-refractivity contribution >= 4 is 52.2 Å². The quantitative estimate of drug-likeness (QED) is 0.259. The summed E-state index contributed by atoms with van der Waals surface area (Å²) in [5.41, 5.74) is 0.504. The van der Waals surface area contributed by atoms with E-state index in [1.807, 2.05) is 30.3 Å². The zero-order chi connectivity index (χ0) is 27.5. The van der Waals surface area contributed by atoms with Crippen molar-refractivity contribution in [3.05, 3.63) is 115 Å². The van der Waals surface area contributed by atoms with E-state index in [1.165, 1.54) is 12.1 Å². The van der Waals surface area contributed by atoms with E-state index in [0.29, 0.717) is 20.5 Å². The monoisotopic (exact) mass is 586 g/mol. The van der Waals surface area contributed by atoms with Crippen LogP contribution in [0.1, 0.15) is 27.5 Å². The second-order valence-electron chi connectivity index (χ2n) is 9.26. The predicted molar refractivity (Wildman–Crippen MR) is 144 cm³/mol. The third kappa shape index (κ3) is 4.50. The van der Waals surface area contributed by atoms with Crippen LogP contribution < -0.4 is 9.77 Å². The first-order valence-electron chi connectivity index (χ1n) is 11.9. The largest absolute Gasteiger partial charge is 0.416 e. The number of thioether (sulfide) groups is 1. The minimum atomic E-state index is -4.63. The standard InChI is InChI=1S/C28H18ClF3N2O3S2/c29-18-11-9-16(10-12-18)20-21-22(25(36)34(24(21)35)19-8-4-7-17(13-19)28(30,31)32)38-26-23(20)39-27(37)33(26)14-15-5-2-1-3-6-15/h1-13,20-22H,14H2. The van der Waals surface area contributed by atoms with Crippen LogP contribution in [0.25, 0.3) is 0 Å². The highest BCUT2D eigenvalue weighted by Gasteiger charge is 2.57. The SMILES string of the molecule is O=C1C2Sc3c(sc(=O)n3Cc3ccccc3)C(c3ccc(Cl)cc3)C2C(=O)N1c1cccc(C(F)(F)F)c1. The Bertz CT molecular complexity index is 1650. The van der Waals surface area contributed by atoms with Crippen LogP contribution in [0, 0.1) is 5.92 Å². The Morgan fingerprint density at radius 1 is 0.872 bits per heavy atom. The molecule has 3 aromatic carbocycles. The first-order valence-corrected chi connectivity index (χ1v) is 14.0. The number of aromatic nitrogens is 1. The number of thiazole rings is 1. The number of rotatable bonds is 4. The van der Waals surface area contributed by atoms with Crippen LogP contribution in [0.4, 0.5) is 18.9 Å². The van der Waals surface area contributed by atoms with E-state index in [1.54, 1.807) is 28.8 Å². The molecular weight excluding hydrogens is 569 g/mol. The van der Waals surface area contributed by atoms with E-state index < -0.39 is 40.6 Å². The Balaban J connectivity index is 1.48. The van der Waals surface area contributed by atoms with Gasteiger partial charge in [-0.05, 0) is 41.5 Å². The molecule has 39 heavy (non-hydrogen) atoms. The molecule has 3 heterocycles. The molecule has 1 aromatic heterocycles. The van der Waals surface area contributed by atoms with Gasteiger partial charge < -0.3 is 0 Å². The van der Waals surface area contributed by atoms with E-state index in [4.69, 9.17) is 11.6 Å². The summed E-state index contributed by atoms with van der Waals surface area (Å²) in [5.74, 6) is -2.76. The van der Waals surface area contributed by atoms with Crippen molar-refractivity contribution in [2.45, 2.75) is 28.9 Å². The molecule has 0 aliphatic carbocycles. The number of amides is 2. The number of alkyl halides is 3. The fraction of sp³-hybridized carbons (Fsp3) is 0.179. The molecular formula is C28H18ClF3N2O3S2. The molecule has 0 saturated carbocycles. The van der Waals surface area contributed by atoms with Gasteiger partial charge in [0, 0.05) is 15.8 Å². The molecule has 1 saturated heterocycles. The van der Waals surface area contributed by atoms with Crippen LogP contribution in [-0.2, 0) is 22.3 Å². The number of anilines is 1. The van der Waals surface area contributed by atoms with Gasteiger partial charge in [-0.15, -0.1) is 0 Å². The lowest BCUT2D eigenvalue weighted by Crippen LogP contribution is -2.32. The van der Waals surface area contributed by atoms with Gasteiger partial charge in [0.05, 0.1) is 28.7 Å². The van der Waals surface area contributed by atoms with E-state index in [9.17, 15) is 27.6 Å². The zero-order valence-electron chi connectivity index (χ0n) is 19.9. The van der Waals surface area contributed by atoms with E-state index in [-0.39, 0.29) is 17.1 Å². The first-order chi connectivity index (χ1) is 18.6. The number of carbonyl (C=O) groups excluding carboxylic acids is 2. The molecule has 2 aliphatic rings. The van der Waals surface area contributed by atoms with Crippen molar-refractivity contribution in [2.24, 2.45) is 5.92 Å². The predicted octanol–water partition coefficient (Wildman–Crippen LogP) is 6.43. The topological polar surface area (TPSA) is 59.4 Å². The number of benzene rings is 3. The Kier molecular flexibility index (Phi) is 6.44. The molecule has 2 aliphatic heterocycles. The second kappa shape index (κ2) is 9.69. The van der Waals surface area contributed by atoms with Crippen molar-refractivity contribution in [1.29, 1.82) is 0 Å². The molecule has 2 amide bonds. The fourth-order valence-electron chi connectivity index (χ4n) is 5.13. The highest BCUT2D eigenvalue weighted by atomic mass is 35.5. The number of halogens is 4. The van der Waals surface area contributed by atoms with Gasteiger partial charge in [-0.3, -0.25) is 19.0 Å². The van der Waals surface area contributed by atoms with E-state index in [2.05, 4.69) is 0 Å². The van der Waals surface area contributed by atoms with Gasteiger partial charge in [0.25, 0.3) is 0 Å². The molecule has 3 unspecified atom stereocenters. The average Bonchev–Trinajstić information content (AvgIpc) is 3.35. The molecule has 0 radical (unpaired) electrons. The molecule has 0 bridgehead atoms. The summed E-state index contributed by atoms with van der Waals surface area (Å²) in [6, 6.07) is 20.4. The molecule has 11 heteroatoms. The summed E-state index contributed by atoms with van der Waals surface area (Å²) in [4.78, 5) is 42.1. The van der Waals surface area contributed by atoms with Crippen molar-refractivity contribution in [3.63, 3.8) is 0 Å². The first kappa shape index (κ1) is 25.9. The average molecular weight is 587 g/mol. The maximum absolute atomic E-state index is 13.9. The summed E-state index contributed by atoms with van der Waals surface area (Å²) in [7, 11) is 0. The Labute approximate surface area is 233 Å². The van der Waals surface area contributed by atoms with Crippen LogP contribution in [0.3, 0.4) is 0 Å². The second-order valence-corrected chi connectivity index (χ2v) is 11.8. The van der Waals surface area contributed by atoms with Gasteiger partial charge in [0.2, 0.25) is 11.8 Å². The molecule has 3 atom stereocenters. The smallest absolute Gasteiger partial charge is 0.289 e. The van der Waals surface area contributed by atoms with Crippen molar-refractivity contribution < 1.29 is 22.8 Å². The Morgan fingerprint density at radius 2 is 1.59 bits per heavy atom. The maximum Gasteiger partial charge on any atom is 0.416 e. The van der Waals surface area contributed by atoms with Crippen LogP contribution in [-0.4, -0.2) is 21.6 Å². The van der Waals surface area contributed by atoms with Crippen LogP contribution in [0.2, 0.25) is 5.02 Å². The van der Waals surface area contributed by atoms with Crippen molar-refractivity contribution in [3.8, 4) is 0 Å². The third-order valence-electron chi connectivity index (χ3n) is 6.89. The minimum Gasteiger partial charge on any atom is -0.289 e. The summed E-state index contributed by atoms with van der Waals surface area (Å²) in [6.45, 7) is 0.280. The Hall–Kier alpha value is -3.34. The molecule has 4 aromatic rings. The molecule has 1 fully saturated rings. The van der Waals surface area contributed by atoms with E-state index in [0.717, 1.165) is 45.7 Å². The number of hydrogen-bond donors (Lipinski definition) is 0. The van der Waals surface area contributed by atoms with Gasteiger partial charge in [-0.25, -0.2) is 4.90 Å². The van der Waals surface area contributed by atoms with Gasteiger partial charge in [-0.1, -0.05) is 83.2 Å². The number of hydrogen-bond acceptors (Lipinski definition) is 5. The zero-order valence-corrected chi connectivity index (χ0v) is 22.3. The number of nitrogens with zero attached hydrogens (tertiary/aromatic N) is 2. The lowest BCUT2D eigenvalue weighted by molar-refractivity contribution is -0.137. The highest BCUT2D eigenvalue weighted by molar-refractivity contribution is 8.00. The number of carbonyl (C=O) groups is 2. The number of imide groups is 1. The summed E-state index contributed by atoms with van der Waals surface area (Å²) >= 11 is 8.26. The normalized spacial score (nSPS) is 20.7. The highest BCUT2D eigenvalue weighted by Crippen LogP contribution is 2.54. The van der Waals surface area contributed by atoms with E-state index >= 15 is 0 Å². The molecule has 0 N–H and O–H groups in total. The molecule has 198 valence electrons. The summed E-state index contributed by atoms with van der Waals surface area (Å²) in [5, 5.41) is 0.147. The Morgan fingerprint density at radius 3 is 2.28 bits per heavy atom. The molecule has 5 nitrogen and oxygen atoms in total. The van der Waals surface area contributed by atoms with Gasteiger partial charge >= 0.3 is 11.0 Å². The van der Waals surface area contributed by atoms with Gasteiger partial charge in [-0.2, -0.15) is 13.2 Å². The summed E-state index contributed by atoms with van der Waals surface area (Å²) in [6.07, 6.45) is -4.63. The molecule has 6 rings (SSSR count). The maximum atomic E-state index is 13.9. The van der Waals surface area contributed by atoms with Crippen LogP contribution >= 0.6 is 34.7 Å². The summed E-state index contributed by atoms with van der Waals surface area (Å²) < 4.78 is 41.9. The number of fused-ring (bicyclic) bond motifs is 2. The lowest BCUT2D eigenvalue weighted by Gasteiger charge is -2.30. The molecule has 0 spiro atoms.